The van der Waals surface area contributed by atoms with Crippen molar-refractivity contribution in [1.82, 2.24) is 4.72 Å². The zero-order valence-electron chi connectivity index (χ0n) is 10.4. The summed E-state index contributed by atoms with van der Waals surface area (Å²) in [5.41, 5.74) is 5.21. The Morgan fingerprint density at radius 2 is 1.80 bits per heavy atom. The lowest BCUT2D eigenvalue weighted by Crippen LogP contribution is -2.34. The molecule has 0 saturated carbocycles. The lowest BCUT2D eigenvalue weighted by molar-refractivity contribution is -0.138. The second-order valence-corrected chi connectivity index (χ2v) is 5.51. The molecular weight excluding hydrogens is 308 g/mol. The average Bonchev–Trinajstić information content (AvgIpc) is 2.36. The molecule has 4 N–H and O–H groups in total. The number of nitrogens with one attached hydrogen (secondary N) is 1. The summed E-state index contributed by atoms with van der Waals surface area (Å²) in [5.74, 6) is -2.03. The van der Waals surface area contributed by atoms with E-state index in [0.717, 1.165) is 0 Å². The molecule has 20 heavy (non-hydrogen) atoms. The number of hydrogen-bond donors (Lipinski definition) is 3. The van der Waals surface area contributed by atoms with Crippen LogP contribution < -0.4 is 10.5 Å². The zero-order valence-corrected chi connectivity index (χ0v) is 12.0. The monoisotopic (exact) mass is 322 g/mol. The maximum atomic E-state index is 11.7. The summed E-state index contributed by atoms with van der Waals surface area (Å²) in [5, 5.41) is 8.53. The first-order valence-corrected chi connectivity index (χ1v) is 6.90. The molecule has 0 aliphatic heterocycles. The zero-order chi connectivity index (χ0) is 14.5. The smallest absolute Gasteiger partial charge is 0.320 e. The molecule has 9 heteroatoms. The van der Waals surface area contributed by atoms with Crippen LogP contribution in [0.15, 0.2) is 35.2 Å². The molecule has 1 atom stereocenters. The predicted octanol–water partition coefficient (Wildman–Crippen LogP) is 0.105. The third-order valence-electron chi connectivity index (χ3n) is 2.30. The second kappa shape index (κ2) is 7.83. The van der Waals surface area contributed by atoms with E-state index in [0.29, 0.717) is 0 Å². The predicted molar refractivity (Wildman–Crippen MR) is 73.9 cm³/mol. The van der Waals surface area contributed by atoms with Crippen LogP contribution in [0.3, 0.4) is 0 Å². The first-order valence-electron chi connectivity index (χ1n) is 5.42. The normalized spacial score (nSPS) is 12.1. The highest BCUT2D eigenvalue weighted by atomic mass is 35.5. The van der Waals surface area contributed by atoms with Gasteiger partial charge < -0.3 is 10.8 Å². The second-order valence-electron chi connectivity index (χ2n) is 3.83. The molecule has 0 bridgehead atoms. The molecule has 0 saturated heterocycles. The summed E-state index contributed by atoms with van der Waals surface area (Å²) in [6, 6.07) is 6.20. The van der Waals surface area contributed by atoms with E-state index in [9.17, 15) is 18.0 Å². The van der Waals surface area contributed by atoms with Crippen molar-refractivity contribution in [2.24, 2.45) is 5.73 Å². The Kier molecular flexibility index (Phi) is 7.19. The molecule has 1 aromatic carbocycles. The van der Waals surface area contributed by atoms with Gasteiger partial charge in [0.25, 0.3) is 10.0 Å². The number of sulfonamides is 1. The van der Waals surface area contributed by atoms with Gasteiger partial charge in [0.1, 0.15) is 6.04 Å². The summed E-state index contributed by atoms with van der Waals surface area (Å²) in [6.07, 6.45) is -0.412. The molecule has 7 nitrogen and oxygen atoms in total. The number of carbonyl (C=O) groups is 2. The SMILES string of the molecule is Cl.N[C@@H](CCC(=O)NS(=O)(=O)c1ccccc1)C(=O)O. The van der Waals surface area contributed by atoms with E-state index < -0.39 is 27.9 Å². The highest BCUT2D eigenvalue weighted by Gasteiger charge is 2.19. The third kappa shape index (κ3) is 5.55. The van der Waals surface area contributed by atoms with E-state index in [-0.39, 0.29) is 30.1 Å². The maximum Gasteiger partial charge on any atom is 0.320 e. The Balaban J connectivity index is 0.00000361. The molecule has 0 spiro atoms. The van der Waals surface area contributed by atoms with Crippen LogP contribution in [0.4, 0.5) is 0 Å². The summed E-state index contributed by atoms with van der Waals surface area (Å²) >= 11 is 0. The van der Waals surface area contributed by atoms with Crippen molar-refractivity contribution in [3.05, 3.63) is 30.3 Å². The first kappa shape index (κ1) is 18.4. The lowest BCUT2D eigenvalue weighted by Gasteiger charge is -2.08. The van der Waals surface area contributed by atoms with Gasteiger partial charge in [0, 0.05) is 6.42 Å². The Morgan fingerprint density at radius 1 is 1.25 bits per heavy atom. The molecule has 0 aliphatic rings. The lowest BCUT2D eigenvalue weighted by atomic mass is 10.2. The molecule has 0 radical (unpaired) electrons. The maximum absolute atomic E-state index is 11.7. The molecule has 1 aromatic rings. The molecule has 1 amide bonds. The van der Waals surface area contributed by atoms with E-state index in [1.54, 1.807) is 6.07 Å². The number of hydrogen-bond acceptors (Lipinski definition) is 5. The van der Waals surface area contributed by atoms with Gasteiger partial charge in [-0.1, -0.05) is 18.2 Å². The number of nitrogens with two attached hydrogens (primary N) is 1. The van der Waals surface area contributed by atoms with Crippen LogP contribution >= 0.6 is 12.4 Å². The van der Waals surface area contributed by atoms with Crippen LogP contribution in [-0.2, 0) is 19.6 Å². The van der Waals surface area contributed by atoms with Gasteiger partial charge in [-0.25, -0.2) is 13.1 Å². The highest BCUT2D eigenvalue weighted by Crippen LogP contribution is 2.07. The summed E-state index contributed by atoms with van der Waals surface area (Å²) < 4.78 is 25.3. The minimum absolute atomic E-state index is 0. The van der Waals surface area contributed by atoms with Crippen LogP contribution in [0.2, 0.25) is 0 Å². The Morgan fingerprint density at radius 3 is 2.30 bits per heavy atom. The van der Waals surface area contributed by atoms with Gasteiger partial charge in [0.2, 0.25) is 5.91 Å². The van der Waals surface area contributed by atoms with Gasteiger partial charge in [-0.15, -0.1) is 12.4 Å². The first-order chi connectivity index (χ1) is 8.83. The highest BCUT2D eigenvalue weighted by molar-refractivity contribution is 7.90. The number of amides is 1. The molecule has 112 valence electrons. The van der Waals surface area contributed by atoms with Gasteiger partial charge in [-0.3, -0.25) is 9.59 Å². The average molecular weight is 323 g/mol. The largest absolute Gasteiger partial charge is 0.480 e. The minimum Gasteiger partial charge on any atom is -0.480 e. The number of benzene rings is 1. The summed E-state index contributed by atoms with van der Waals surface area (Å²) in [7, 11) is -3.92. The van der Waals surface area contributed by atoms with E-state index in [1.165, 1.54) is 24.3 Å². The van der Waals surface area contributed by atoms with Gasteiger partial charge in [0.05, 0.1) is 4.90 Å². The molecule has 0 aromatic heterocycles. The molecule has 1 rings (SSSR count). The van der Waals surface area contributed by atoms with Crippen molar-refractivity contribution in [3.63, 3.8) is 0 Å². The number of carboxylic acid groups (broad SMARTS) is 1. The molecule has 0 fully saturated rings. The molecular formula is C11H15ClN2O5S. The van der Waals surface area contributed by atoms with E-state index in [4.69, 9.17) is 10.8 Å². The molecule has 0 heterocycles. The van der Waals surface area contributed by atoms with Crippen molar-refractivity contribution in [2.45, 2.75) is 23.8 Å². The van der Waals surface area contributed by atoms with Gasteiger partial charge in [-0.2, -0.15) is 0 Å². The van der Waals surface area contributed by atoms with Crippen LogP contribution in [0, 0.1) is 0 Å². The van der Waals surface area contributed by atoms with Crippen LogP contribution in [0.5, 0.6) is 0 Å². The number of halogens is 1. The van der Waals surface area contributed by atoms with E-state index in [2.05, 4.69) is 0 Å². The van der Waals surface area contributed by atoms with E-state index in [1.807, 2.05) is 4.72 Å². The fraction of sp³-hybridized carbons (Fsp3) is 0.273. The number of carboxylic acids is 1. The Labute approximate surface area is 122 Å². The minimum atomic E-state index is -3.92. The van der Waals surface area contributed by atoms with Crippen molar-refractivity contribution in [1.29, 1.82) is 0 Å². The molecule has 0 unspecified atom stereocenters. The number of rotatable bonds is 6. The van der Waals surface area contributed by atoms with Gasteiger partial charge >= 0.3 is 5.97 Å². The Hall–Kier alpha value is -1.64. The Bertz CT molecular complexity index is 561. The van der Waals surface area contributed by atoms with Gasteiger partial charge in [0.15, 0.2) is 0 Å². The van der Waals surface area contributed by atoms with Crippen molar-refractivity contribution >= 4 is 34.3 Å². The fourth-order valence-electron chi connectivity index (χ4n) is 1.27. The van der Waals surface area contributed by atoms with Gasteiger partial charge in [-0.05, 0) is 18.6 Å². The number of carbonyl (C=O) groups excluding carboxylic acids is 1. The van der Waals surface area contributed by atoms with Crippen molar-refractivity contribution in [2.75, 3.05) is 0 Å². The molecule has 0 aliphatic carbocycles. The van der Waals surface area contributed by atoms with E-state index >= 15 is 0 Å². The fourth-order valence-corrected chi connectivity index (χ4v) is 2.30. The van der Waals surface area contributed by atoms with Crippen LogP contribution in [0.25, 0.3) is 0 Å². The quantitative estimate of drug-likeness (QED) is 0.682. The topological polar surface area (TPSA) is 127 Å². The standard InChI is InChI=1S/C11H14N2O5S.ClH/c12-9(11(15)16)6-7-10(14)13-19(17,18)8-4-2-1-3-5-8;/h1-5,9H,6-7,12H2,(H,13,14)(H,15,16);1H/t9-;/m0./s1. The number of aliphatic carboxylic acids is 1. The summed E-state index contributed by atoms with van der Waals surface area (Å²) in [4.78, 5) is 21.8. The van der Waals surface area contributed by atoms with Crippen LogP contribution in [0.1, 0.15) is 12.8 Å². The third-order valence-corrected chi connectivity index (χ3v) is 3.69. The summed E-state index contributed by atoms with van der Waals surface area (Å²) in [6.45, 7) is 0. The van der Waals surface area contributed by atoms with Crippen molar-refractivity contribution < 1.29 is 23.1 Å². The van der Waals surface area contributed by atoms with Crippen LogP contribution in [-0.4, -0.2) is 31.4 Å². The van der Waals surface area contributed by atoms with Crippen molar-refractivity contribution in [3.8, 4) is 0 Å².